The molecule has 1 rings (SSSR count). The fourth-order valence-electron chi connectivity index (χ4n) is 1.74. The molecule has 0 saturated heterocycles. The molecule has 1 amide bonds. The third-order valence-electron chi connectivity index (χ3n) is 2.56. The molecule has 1 heterocycles. The molecule has 0 radical (unpaired) electrons. The van der Waals surface area contributed by atoms with Crippen LogP contribution in [0.1, 0.15) is 26.2 Å². The Hall–Kier alpha value is -2.45. The smallest absolute Gasteiger partial charge is 0.307 e. The Morgan fingerprint density at radius 3 is 2.80 bits per heavy atom. The molecule has 1 atom stereocenters. The minimum absolute atomic E-state index is 0.154. The molecule has 0 aliphatic heterocycles. The van der Waals surface area contributed by atoms with Crippen molar-refractivity contribution >= 4 is 17.6 Å². The summed E-state index contributed by atoms with van der Waals surface area (Å²) in [6.45, 7) is 1.70. The zero-order chi connectivity index (χ0) is 15.1. The van der Waals surface area contributed by atoms with Crippen molar-refractivity contribution in [3.63, 3.8) is 0 Å². The first-order chi connectivity index (χ1) is 9.42. The van der Waals surface area contributed by atoms with Gasteiger partial charge < -0.3 is 10.4 Å². The molecule has 0 aromatic carbocycles. The van der Waals surface area contributed by atoms with Gasteiger partial charge in [-0.2, -0.15) is 5.10 Å². The Morgan fingerprint density at radius 2 is 2.30 bits per heavy atom. The molecular formula is C11H16N4O5. The molecule has 0 saturated carbocycles. The highest BCUT2D eigenvalue weighted by Gasteiger charge is 2.16. The van der Waals surface area contributed by atoms with E-state index in [0.717, 1.165) is 23.5 Å². The Bertz CT molecular complexity index is 499. The molecule has 0 bridgehead atoms. The molecule has 110 valence electrons. The van der Waals surface area contributed by atoms with E-state index in [-0.39, 0.29) is 18.7 Å². The van der Waals surface area contributed by atoms with Gasteiger partial charge in [-0.3, -0.25) is 24.4 Å². The van der Waals surface area contributed by atoms with Gasteiger partial charge in [-0.05, 0) is 6.42 Å². The van der Waals surface area contributed by atoms with E-state index in [4.69, 9.17) is 5.11 Å². The van der Waals surface area contributed by atoms with Crippen LogP contribution in [-0.4, -0.2) is 37.7 Å². The van der Waals surface area contributed by atoms with Crippen LogP contribution in [0.5, 0.6) is 0 Å². The van der Waals surface area contributed by atoms with Crippen LogP contribution in [-0.2, 0) is 16.1 Å². The number of carboxylic acid groups (broad SMARTS) is 1. The summed E-state index contributed by atoms with van der Waals surface area (Å²) in [6.07, 6.45) is 3.33. The van der Waals surface area contributed by atoms with Crippen LogP contribution < -0.4 is 5.32 Å². The number of aliphatic carboxylic acids is 1. The fourth-order valence-corrected chi connectivity index (χ4v) is 1.74. The van der Waals surface area contributed by atoms with Crippen LogP contribution in [0.3, 0.4) is 0 Å². The summed E-state index contributed by atoms with van der Waals surface area (Å²) in [5, 5.41) is 25.5. The van der Waals surface area contributed by atoms with Crippen LogP contribution >= 0.6 is 0 Å². The number of hydrogen-bond donors (Lipinski definition) is 2. The van der Waals surface area contributed by atoms with Crippen LogP contribution in [0, 0.1) is 10.1 Å². The van der Waals surface area contributed by atoms with Gasteiger partial charge in [0.2, 0.25) is 5.91 Å². The quantitative estimate of drug-likeness (QED) is 0.530. The predicted molar refractivity (Wildman–Crippen MR) is 68.0 cm³/mol. The maximum atomic E-state index is 11.7. The van der Waals surface area contributed by atoms with Gasteiger partial charge in [0.05, 0.1) is 11.3 Å². The molecule has 0 fully saturated rings. The number of carboxylic acids is 1. The van der Waals surface area contributed by atoms with Crippen LogP contribution in [0.4, 0.5) is 5.69 Å². The van der Waals surface area contributed by atoms with Gasteiger partial charge in [0.1, 0.15) is 18.9 Å². The van der Waals surface area contributed by atoms with E-state index >= 15 is 0 Å². The van der Waals surface area contributed by atoms with Crippen LogP contribution in [0.2, 0.25) is 0 Å². The number of aromatic nitrogens is 2. The van der Waals surface area contributed by atoms with Gasteiger partial charge in [-0.1, -0.05) is 13.3 Å². The number of carbonyl (C=O) groups is 2. The molecule has 9 nitrogen and oxygen atoms in total. The van der Waals surface area contributed by atoms with Gasteiger partial charge in [0.25, 0.3) is 0 Å². The summed E-state index contributed by atoms with van der Waals surface area (Å²) < 4.78 is 1.14. The third-order valence-corrected chi connectivity index (χ3v) is 2.56. The SMILES string of the molecule is CCCC(CC(=O)O)NC(=O)Cn1cc([N+](=O)[O-])cn1. The molecule has 9 heteroatoms. The highest BCUT2D eigenvalue weighted by Crippen LogP contribution is 2.07. The van der Waals surface area contributed by atoms with Crippen LogP contribution in [0.15, 0.2) is 12.4 Å². The summed E-state index contributed by atoms with van der Waals surface area (Å²) in [5.74, 6) is -1.42. The highest BCUT2D eigenvalue weighted by molar-refractivity contribution is 5.77. The number of nitrogens with zero attached hydrogens (tertiary/aromatic N) is 3. The van der Waals surface area contributed by atoms with Crippen molar-refractivity contribution in [2.75, 3.05) is 0 Å². The lowest BCUT2D eigenvalue weighted by Gasteiger charge is -2.15. The summed E-state index contributed by atoms with van der Waals surface area (Å²) >= 11 is 0. The van der Waals surface area contributed by atoms with Crippen molar-refractivity contribution < 1.29 is 19.6 Å². The molecule has 0 spiro atoms. The zero-order valence-corrected chi connectivity index (χ0v) is 11.0. The zero-order valence-electron chi connectivity index (χ0n) is 11.0. The van der Waals surface area contributed by atoms with Crippen molar-refractivity contribution in [2.24, 2.45) is 0 Å². The van der Waals surface area contributed by atoms with E-state index in [1.54, 1.807) is 0 Å². The van der Waals surface area contributed by atoms with Crippen molar-refractivity contribution in [3.05, 3.63) is 22.5 Å². The highest BCUT2D eigenvalue weighted by atomic mass is 16.6. The second-order valence-corrected chi connectivity index (χ2v) is 4.30. The number of amides is 1. The lowest BCUT2D eigenvalue weighted by Crippen LogP contribution is -2.38. The number of rotatable bonds is 8. The number of hydrogen-bond acceptors (Lipinski definition) is 5. The van der Waals surface area contributed by atoms with Crippen LogP contribution in [0.25, 0.3) is 0 Å². The molecular weight excluding hydrogens is 268 g/mol. The predicted octanol–water partition coefficient (Wildman–Crippen LogP) is 0.551. The first-order valence-corrected chi connectivity index (χ1v) is 6.10. The van der Waals surface area contributed by atoms with Gasteiger partial charge >= 0.3 is 11.7 Å². The molecule has 0 aliphatic carbocycles. The monoisotopic (exact) mass is 284 g/mol. The van der Waals surface area contributed by atoms with E-state index < -0.39 is 22.8 Å². The van der Waals surface area contributed by atoms with E-state index in [0.29, 0.717) is 6.42 Å². The minimum Gasteiger partial charge on any atom is -0.481 e. The van der Waals surface area contributed by atoms with Crippen molar-refractivity contribution in [1.82, 2.24) is 15.1 Å². The lowest BCUT2D eigenvalue weighted by atomic mass is 10.1. The average molecular weight is 284 g/mol. The number of nitrogens with one attached hydrogen (secondary N) is 1. The average Bonchev–Trinajstić information content (AvgIpc) is 2.76. The first kappa shape index (κ1) is 15.6. The van der Waals surface area contributed by atoms with Crippen molar-refractivity contribution in [1.29, 1.82) is 0 Å². The van der Waals surface area contributed by atoms with Crippen molar-refractivity contribution in [2.45, 2.75) is 38.8 Å². The topological polar surface area (TPSA) is 127 Å². The summed E-state index contributed by atoms with van der Waals surface area (Å²) in [4.78, 5) is 32.2. The molecule has 20 heavy (non-hydrogen) atoms. The van der Waals surface area contributed by atoms with Gasteiger partial charge in [0, 0.05) is 6.04 Å². The molecule has 0 aliphatic rings. The summed E-state index contributed by atoms with van der Waals surface area (Å²) in [5.41, 5.74) is -0.201. The van der Waals surface area contributed by atoms with Gasteiger partial charge in [-0.15, -0.1) is 0 Å². The largest absolute Gasteiger partial charge is 0.481 e. The maximum absolute atomic E-state index is 11.7. The van der Waals surface area contributed by atoms with E-state index in [1.807, 2.05) is 6.92 Å². The van der Waals surface area contributed by atoms with E-state index in [9.17, 15) is 19.7 Å². The lowest BCUT2D eigenvalue weighted by molar-refractivity contribution is -0.385. The second-order valence-electron chi connectivity index (χ2n) is 4.30. The molecule has 2 N–H and O–H groups in total. The van der Waals surface area contributed by atoms with Crippen molar-refractivity contribution in [3.8, 4) is 0 Å². The second kappa shape index (κ2) is 7.22. The first-order valence-electron chi connectivity index (χ1n) is 6.10. The summed E-state index contributed by atoms with van der Waals surface area (Å²) in [7, 11) is 0. The normalized spacial score (nSPS) is 11.8. The molecule has 1 aromatic heterocycles. The van der Waals surface area contributed by atoms with Gasteiger partial charge in [0.15, 0.2) is 0 Å². The van der Waals surface area contributed by atoms with Gasteiger partial charge in [-0.25, -0.2) is 0 Å². The van der Waals surface area contributed by atoms with E-state index in [2.05, 4.69) is 10.4 Å². The summed E-state index contributed by atoms with van der Waals surface area (Å²) in [6, 6.07) is -0.449. The Kier molecular flexibility index (Phi) is 5.63. The Balaban J connectivity index is 2.55. The minimum atomic E-state index is -0.988. The Morgan fingerprint density at radius 1 is 1.60 bits per heavy atom. The number of nitro groups is 1. The third kappa shape index (κ3) is 5.04. The maximum Gasteiger partial charge on any atom is 0.307 e. The fraction of sp³-hybridized carbons (Fsp3) is 0.545. The standard InChI is InChI=1S/C11H16N4O5/c1-2-3-8(4-11(17)18)13-10(16)7-14-6-9(5-12-14)15(19)20/h5-6,8H,2-4,7H2,1H3,(H,13,16)(H,17,18). The number of carbonyl (C=O) groups excluding carboxylic acids is 1. The Labute approximate surface area is 114 Å². The van der Waals surface area contributed by atoms with E-state index in [1.165, 1.54) is 0 Å². The molecule has 1 aromatic rings. The molecule has 1 unspecified atom stereocenters.